The highest BCUT2D eigenvalue weighted by Gasteiger charge is 2.11. The predicted molar refractivity (Wildman–Crippen MR) is 63.8 cm³/mol. The summed E-state index contributed by atoms with van der Waals surface area (Å²) in [5, 5.41) is 0. The minimum Gasteiger partial charge on any atom is -0.323 e. The first-order chi connectivity index (χ1) is 7.59. The Kier molecular flexibility index (Phi) is 3.07. The van der Waals surface area contributed by atoms with Gasteiger partial charge in [-0.1, -0.05) is 15.9 Å². The molecule has 0 amide bonds. The number of benzene rings is 1. The summed E-state index contributed by atoms with van der Waals surface area (Å²) < 4.78 is 16.1. The van der Waals surface area contributed by atoms with Crippen molar-refractivity contribution in [3.05, 3.63) is 46.7 Å². The van der Waals surface area contributed by atoms with Crippen LogP contribution in [0.4, 0.5) is 4.39 Å². The smallest absolute Gasteiger partial charge is 0.147 e. The summed E-state index contributed by atoms with van der Waals surface area (Å²) in [4.78, 5) is 3.99. The maximum Gasteiger partial charge on any atom is 0.147 e. The fourth-order valence-corrected chi connectivity index (χ4v) is 1.86. The summed E-state index contributed by atoms with van der Waals surface area (Å²) in [6, 6.07) is 4.56. The molecule has 5 heteroatoms. The highest BCUT2D eigenvalue weighted by molar-refractivity contribution is 9.10. The monoisotopic (exact) mass is 283 g/mol. The standard InChI is InChI=1S/C11H11BrFN3/c1-7(14)11-5-15-6-16(11)10-4-8(12)2-3-9(10)13/h2-7H,14H2,1H3/t7-/m1/s1. The summed E-state index contributed by atoms with van der Waals surface area (Å²) in [5.74, 6) is -0.303. The Balaban J connectivity index is 2.58. The first-order valence-corrected chi connectivity index (χ1v) is 5.62. The minimum atomic E-state index is -0.303. The van der Waals surface area contributed by atoms with E-state index in [0.29, 0.717) is 5.69 Å². The van der Waals surface area contributed by atoms with Gasteiger partial charge in [0.15, 0.2) is 0 Å². The van der Waals surface area contributed by atoms with Crippen molar-refractivity contribution in [2.75, 3.05) is 0 Å². The van der Waals surface area contributed by atoms with E-state index >= 15 is 0 Å². The lowest BCUT2D eigenvalue weighted by Gasteiger charge is -2.11. The van der Waals surface area contributed by atoms with Gasteiger partial charge >= 0.3 is 0 Å². The van der Waals surface area contributed by atoms with Gasteiger partial charge in [-0.3, -0.25) is 4.57 Å². The molecule has 2 aromatic rings. The van der Waals surface area contributed by atoms with Crippen LogP contribution in [-0.4, -0.2) is 9.55 Å². The van der Waals surface area contributed by atoms with E-state index in [-0.39, 0.29) is 11.9 Å². The Labute approximate surface area is 101 Å². The van der Waals surface area contributed by atoms with Crippen LogP contribution in [0.2, 0.25) is 0 Å². The van der Waals surface area contributed by atoms with Crippen molar-refractivity contribution < 1.29 is 4.39 Å². The number of hydrogen-bond donors (Lipinski definition) is 1. The SMILES string of the molecule is C[C@@H](N)c1cncn1-c1cc(Br)ccc1F. The van der Waals surface area contributed by atoms with Crippen LogP contribution in [0.3, 0.4) is 0 Å². The van der Waals surface area contributed by atoms with E-state index < -0.39 is 0 Å². The summed E-state index contributed by atoms with van der Waals surface area (Å²) in [6.45, 7) is 1.84. The van der Waals surface area contributed by atoms with Crippen LogP contribution in [0.1, 0.15) is 18.7 Å². The summed E-state index contributed by atoms with van der Waals surface area (Å²) in [6.07, 6.45) is 3.20. The summed E-state index contributed by atoms with van der Waals surface area (Å²) in [5.41, 5.74) is 7.01. The molecule has 0 aliphatic heterocycles. The van der Waals surface area contributed by atoms with Crippen LogP contribution >= 0.6 is 15.9 Å². The van der Waals surface area contributed by atoms with Gasteiger partial charge in [-0.05, 0) is 25.1 Å². The molecule has 1 aromatic carbocycles. The molecule has 2 rings (SSSR count). The lowest BCUT2D eigenvalue weighted by Crippen LogP contribution is -2.11. The normalized spacial score (nSPS) is 12.8. The Morgan fingerprint density at radius 1 is 1.50 bits per heavy atom. The van der Waals surface area contributed by atoms with Crippen molar-refractivity contribution in [2.24, 2.45) is 5.73 Å². The van der Waals surface area contributed by atoms with E-state index in [0.717, 1.165) is 10.2 Å². The average Bonchev–Trinajstić information content (AvgIpc) is 2.70. The van der Waals surface area contributed by atoms with Gasteiger partial charge in [-0.25, -0.2) is 9.37 Å². The Bertz CT molecular complexity index is 508. The number of aromatic nitrogens is 2. The summed E-state index contributed by atoms with van der Waals surface area (Å²) >= 11 is 3.31. The van der Waals surface area contributed by atoms with Crippen LogP contribution in [0.25, 0.3) is 5.69 Å². The van der Waals surface area contributed by atoms with Crippen LogP contribution in [-0.2, 0) is 0 Å². The van der Waals surface area contributed by atoms with Crippen LogP contribution in [0.15, 0.2) is 35.2 Å². The van der Waals surface area contributed by atoms with E-state index in [1.807, 2.05) is 6.92 Å². The number of nitrogens with zero attached hydrogens (tertiary/aromatic N) is 2. The summed E-state index contributed by atoms with van der Waals surface area (Å²) in [7, 11) is 0. The molecule has 0 fully saturated rings. The van der Waals surface area contributed by atoms with Gasteiger partial charge in [-0.2, -0.15) is 0 Å². The fraction of sp³-hybridized carbons (Fsp3) is 0.182. The van der Waals surface area contributed by atoms with E-state index in [2.05, 4.69) is 20.9 Å². The quantitative estimate of drug-likeness (QED) is 0.921. The third-order valence-electron chi connectivity index (χ3n) is 2.30. The molecule has 84 valence electrons. The van der Waals surface area contributed by atoms with Gasteiger partial charge in [0.05, 0.1) is 23.9 Å². The third-order valence-corrected chi connectivity index (χ3v) is 2.79. The second-order valence-electron chi connectivity index (χ2n) is 3.57. The number of halogens is 2. The molecule has 0 aliphatic rings. The maximum atomic E-state index is 13.7. The highest BCUT2D eigenvalue weighted by atomic mass is 79.9. The molecule has 16 heavy (non-hydrogen) atoms. The molecule has 2 N–H and O–H groups in total. The van der Waals surface area contributed by atoms with Crippen molar-refractivity contribution in [3.63, 3.8) is 0 Å². The lowest BCUT2D eigenvalue weighted by molar-refractivity contribution is 0.612. The van der Waals surface area contributed by atoms with Crippen LogP contribution in [0.5, 0.6) is 0 Å². The minimum absolute atomic E-state index is 0.194. The Morgan fingerprint density at radius 2 is 2.25 bits per heavy atom. The van der Waals surface area contributed by atoms with Crippen LogP contribution < -0.4 is 5.73 Å². The zero-order chi connectivity index (χ0) is 11.7. The van der Waals surface area contributed by atoms with Gasteiger partial charge in [0.1, 0.15) is 5.82 Å². The molecular formula is C11H11BrFN3. The van der Waals surface area contributed by atoms with E-state index in [4.69, 9.17) is 5.73 Å². The van der Waals surface area contributed by atoms with Crippen LogP contribution in [0, 0.1) is 5.82 Å². The molecule has 1 aromatic heterocycles. The second kappa shape index (κ2) is 4.35. The third kappa shape index (κ3) is 2.01. The van der Waals surface area contributed by atoms with Crippen molar-refractivity contribution in [1.29, 1.82) is 0 Å². The molecule has 1 atom stereocenters. The van der Waals surface area contributed by atoms with E-state index in [1.54, 1.807) is 29.2 Å². The molecule has 0 aliphatic carbocycles. The second-order valence-corrected chi connectivity index (χ2v) is 4.49. The van der Waals surface area contributed by atoms with E-state index in [9.17, 15) is 4.39 Å². The van der Waals surface area contributed by atoms with Gasteiger partial charge in [0, 0.05) is 10.5 Å². The molecule has 0 spiro atoms. The zero-order valence-electron chi connectivity index (χ0n) is 8.69. The topological polar surface area (TPSA) is 43.8 Å². The Morgan fingerprint density at radius 3 is 2.94 bits per heavy atom. The van der Waals surface area contributed by atoms with Gasteiger partial charge in [0.2, 0.25) is 0 Å². The van der Waals surface area contributed by atoms with Gasteiger partial charge < -0.3 is 5.73 Å². The molecule has 1 heterocycles. The zero-order valence-corrected chi connectivity index (χ0v) is 10.3. The Hall–Kier alpha value is -1.20. The van der Waals surface area contributed by atoms with E-state index in [1.165, 1.54) is 6.07 Å². The van der Waals surface area contributed by atoms with Crippen molar-refractivity contribution in [1.82, 2.24) is 9.55 Å². The molecule has 0 unspecified atom stereocenters. The van der Waals surface area contributed by atoms with Crippen molar-refractivity contribution in [2.45, 2.75) is 13.0 Å². The lowest BCUT2D eigenvalue weighted by atomic mass is 10.2. The number of imidazole rings is 1. The van der Waals surface area contributed by atoms with Crippen molar-refractivity contribution >= 4 is 15.9 Å². The number of rotatable bonds is 2. The highest BCUT2D eigenvalue weighted by Crippen LogP contribution is 2.22. The molecule has 3 nitrogen and oxygen atoms in total. The number of hydrogen-bond acceptors (Lipinski definition) is 2. The molecule has 0 saturated heterocycles. The number of nitrogens with two attached hydrogens (primary N) is 1. The molecular weight excluding hydrogens is 273 g/mol. The first-order valence-electron chi connectivity index (χ1n) is 4.83. The first kappa shape index (κ1) is 11.3. The fourth-order valence-electron chi connectivity index (χ4n) is 1.51. The van der Waals surface area contributed by atoms with Gasteiger partial charge in [-0.15, -0.1) is 0 Å². The average molecular weight is 284 g/mol. The largest absolute Gasteiger partial charge is 0.323 e. The van der Waals surface area contributed by atoms with Gasteiger partial charge in [0.25, 0.3) is 0 Å². The van der Waals surface area contributed by atoms with Crippen molar-refractivity contribution in [3.8, 4) is 5.69 Å². The predicted octanol–water partition coefficient (Wildman–Crippen LogP) is 2.79. The molecule has 0 bridgehead atoms. The molecule has 0 radical (unpaired) electrons. The maximum absolute atomic E-state index is 13.7. The molecule has 0 saturated carbocycles.